The summed E-state index contributed by atoms with van der Waals surface area (Å²) in [5.74, 6) is -0.527. The Bertz CT molecular complexity index is 695. The fourth-order valence-electron chi connectivity index (χ4n) is 3.12. The van der Waals surface area contributed by atoms with Gasteiger partial charge in [-0.15, -0.1) is 0 Å². The smallest absolute Gasteiger partial charge is 0.232 e. The number of carbonyl (C=O) groups excluding carboxylic acids is 2. The molecular weight excluding hydrogens is 352 g/mol. The average molecular weight is 383 g/mol. The van der Waals surface area contributed by atoms with Crippen LogP contribution in [-0.2, 0) is 9.59 Å². The van der Waals surface area contributed by atoms with Crippen molar-refractivity contribution in [2.45, 2.75) is 38.6 Å². The lowest BCUT2D eigenvalue weighted by molar-refractivity contribution is -0.123. The summed E-state index contributed by atoms with van der Waals surface area (Å²) in [5.41, 5.74) is 1.82. The Morgan fingerprint density at radius 2 is 1.50 bits per heavy atom. The second-order valence-electron chi connectivity index (χ2n) is 7.04. The van der Waals surface area contributed by atoms with Gasteiger partial charge in [-0.1, -0.05) is 80.9 Å². The summed E-state index contributed by atoms with van der Waals surface area (Å²) in [6.07, 6.45) is 1.05. The van der Waals surface area contributed by atoms with Gasteiger partial charge in [0.1, 0.15) is 0 Å². The molecule has 2 amide bonds. The van der Waals surface area contributed by atoms with Gasteiger partial charge in [-0.2, -0.15) is 0 Å². The van der Waals surface area contributed by atoms with Crippen LogP contribution in [0, 0.1) is 5.92 Å². The highest BCUT2D eigenvalue weighted by atomic mass is 16.3. The lowest BCUT2D eigenvalue weighted by Crippen LogP contribution is -2.43. The number of amides is 2. The molecule has 3 N–H and O–H groups in total. The number of rotatable bonds is 10. The molecule has 0 saturated heterocycles. The zero-order valence-electron chi connectivity index (χ0n) is 16.6. The van der Waals surface area contributed by atoms with Gasteiger partial charge >= 0.3 is 0 Å². The van der Waals surface area contributed by atoms with Crippen molar-refractivity contribution in [3.63, 3.8) is 0 Å². The Hall–Kier alpha value is -2.66. The molecule has 0 aromatic heterocycles. The molecule has 0 bridgehead atoms. The molecule has 5 nitrogen and oxygen atoms in total. The molecule has 2 aromatic carbocycles. The van der Waals surface area contributed by atoms with Gasteiger partial charge in [0.2, 0.25) is 11.8 Å². The molecule has 0 saturated carbocycles. The number of aliphatic hydroxyl groups is 1. The first-order valence-electron chi connectivity index (χ1n) is 9.84. The SMILES string of the molecule is CCC(C)[C@@H](CO)NC(=O)CCNC(=O)C(c1ccccc1)c1ccccc1. The quantitative estimate of drug-likeness (QED) is 0.591. The Morgan fingerprint density at radius 3 is 1.96 bits per heavy atom. The highest BCUT2D eigenvalue weighted by Gasteiger charge is 2.22. The minimum atomic E-state index is -0.421. The molecule has 2 rings (SSSR count). The fraction of sp³-hybridized carbons (Fsp3) is 0.391. The first-order valence-corrected chi connectivity index (χ1v) is 9.84. The molecule has 0 fully saturated rings. The van der Waals surface area contributed by atoms with E-state index in [1.807, 2.05) is 74.5 Å². The molecule has 150 valence electrons. The molecule has 0 spiro atoms. The third-order valence-corrected chi connectivity index (χ3v) is 5.05. The van der Waals surface area contributed by atoms with Crippen molar-refractivity contribution >= 4 is 11.8 Å². The van der Waals surface area contributed by atoms with Crippen LogP contribution in [0.5, 0.6) is 0 Å². The van der Waals surface area contributed by atoms with E-state index in [2.05, 4.69) is 10.6 Å². The van der Waals surface area contributed by atoms with Crippen molar-refractivity contribution in [3.8, 4) is 0 Å². The second-order valence-corrected chi connectivity index (χ2v) is 7.04. The van der Waals surface area contributed by atoms with Gasteiger partial charge < -0.3 is 15.7 Å². The Balaban J connectivity index is 1.96. The maximum atomic E-state index is 12.9. The van der Waals surface area contributed by atoms with Crippen LogP contribution in [0.1, 0.15) is 43.7 Å². The van der Waals surface area contributed by atoms with Gasteiger partial charge in [0.05, 0.1) is 18.6 Å². The lowest BCUT2D eigenvalue weighted by Gasteiger charge is -2.22. The van der Waals surface area contributed by atoms with Crippen LogP contribution in [0.3, 0.4) is 0 Å². The van der Waals surface area contributed by atoms with Crippen LogP contribution in [-0.4, -0.2) is 36.1 Å². The Labute approximate surface area is 167 Å². The summed E-state index contributed by atoms with van der Waals surface area (Å²) >= 11 is 0. The van der Waals surface area contributed by atoms with E-state index in [4.69, 9.17) is 0 Å². The van der Waals surface area contributed by atoms with Crippen LogP contribution >= 0.6 is 0 Å². The number of nitrogens with one attached hydrogen (secondary N) is 2. The van der Waals surface area contributed by atoms with E-state index in [0.29, 0.717) is 0 Å². The molecule has 1 unspecified atom stereocenters. The standard InChI is InChI=1S/C23H30N2O3/c1-3-17(2)20(16-26)25-21(27)14-15-24-23(28)22(18-10-6-4-7-11-18)19-12-8-5-9-13-19/h4-13,17,20,22,26H,3,14-16H2,1-2H3,(H,24,28)(H,25,27)/t17?,20-/m1/s1. The number of hydrogen-bond donors (Lipinski definition) is 3. The van der Waals surface area contributed by atoms with Gasteiger partial charge in [-0.05, 0) is 17.0 Å². The topological polar surface area (TPSA) is 78.4 Å². The number of hydrogen-bond acceptors (Lipinski definition) is 3. The van der Waals surface area contributed by atoms with Crippen LogP contribution < -0.4 is 10.6 Å². The van der Waals surface area contributed by atoms with E-state index in [9.17, 15) is 14.7 Å². The van der Waals surface area contributed by atoms with Gasteiger partial charge in [0, 0.05) is 13.0 Å². The predicted molar refractivity (Wildman–Crippen MR) is 111 cm³/mol. The maximum absolute atomic E-state index is 12.9. The predicted octanol–water partition coefficient (Wildman–Crippen LogP) is 2.85. The zero-order chi connectivity index (χ0) is 20.4. The summed E-state index contributed by atoms with van der Waals surface area (Å²) in [7, 11) is 0. The monoisotopic (exact) mass is 382 g/mol. The van der Waals surface area contributed by atoms with E-state index in [1.165, 1.54) is 0 Å². The molecule has 0 heterocycles. The molecule has 2 atom stereocenters. The summed E-state index contributed by atoms with van der Waals surface area (Å²) in [6.45, 7) is 4.18. The Kier molecular flexibility index (Phi) is 8.69. The van der Waals surface area contributed by atoms with Crippen LogP contribution in [0.4, 0.5) is 0 Å². The van der Waals surface area contributed by atoms with Gasteiger partial charge in [0.25, 0.3) is 0 Å². The van der Waals surface area contributed by atoms with Crippen molar-refractivity contribution < 1.29 is 14.7 Å². The van der Waals surface area contributed by atoms with Gasteiger partial charge in [-0.3, -0.25) is 9.59 Å². The van der Waals surface area contributed by atoms with Crippen molar-refractivity contribution in [1.82, 2.24) is 10.6 Å². The fourth-order valence-corrected chi connectivity index (χ4v) is 3.12. The molecular formula is C23H30N2O3. The largest absolute Gasteiger partial charge is 0.394 e. The number of carbonyl (C=O) groups is 2. The molecule has 0 aliphatic rings. The average Bonchev–Trinajstić information content (AvgIpc) is 2.73. The minimum Gasteiger partial charge on any atom is -0.394 e. The van der Waals surface area contributed by atoms with Gasteiger partial charge in [0.15, 0.2) is 0 Å². The molecule has 2 aromatic rings. The third-order valence-electron chi connectivity index (χ3n) is 5.05. The van der Waals surface area contributed by atoms with Crippen LogP contribution in [0.2, 0.25) is 0 Å². The van der Waals surface area contributed by atoms with E-state index in [0.717, 1.165) is 17.5 Å². The Morgan fingerprint density at radius 1 is 0.964 bits per heavy atom. The van der Waals surface area contributed by atoms with Crippen LogP contribution in [0.15, 0.2) is 60.7 Å². The maximum Gasteiger partial charge on any atom is 0.232 e. The first-order chi connectivity index (χ1) is 13.6. The molecule has 0 radical (unpaired) electrons. The molecule has 5 heteroatoms. The van der Waals surface area contributed by atoms with E-state index >= 15 is 0 Å². The minimum absolute atomic E-state index is 0.0861. The first kappa shape index (κ1) is 21.6. The van der Waals surface area contributed by atoms with Crippen molar-refractivity contribution in [2.75, 3.05) is 13.2 Å². The summed E-state index contributed by atoms with van der Waals surface area (Å²) < 4.78 is 0. The van der Waals surface area contributed by atoms with Crippen LogP contribution in [0.25, 0.3) is 0 Å². The summed E-state index contributed by atoms with van der Waals surface area (Å²) in [6, 6.07) is 19.0. The highest BCUT2D eigenvalue weighted by molar-refractivity contribution is 5.87. The number of benzene rings is 2. The van der Waals surface area contributed by atoms with E-state index < -0.39 is 5.92 Å². The highest BCUT2D eigenvalue weighted by Crippen LogP contribution is 2.24. The van der Waals surface area contributed by atoms with E-state index in [-0.39, 0.29) is 43.3 Å². The molecule has 0 aliphatic carbocycles. The van der Waals surface area contributed by atoms with Crippen molar-refractivity contribution in [3.05, 3.63) is 71.8 Å². The zero-order valence-corrected chi connectivity index (χ0v) is 16.6. The third kappa shape index (κ3) is 6.20. The summed E-state index contributed by atoms with van der Waals surface area (Å²) in [4.78, 5) is 25.0. The van der Waals surface area contributed by atoms with E-state index in [1.54, 1.807) is 0 Å². The number of aliphatic hydroxyl groups excluding tert-OH is 1. The second kappa shape index (κ2) is 11.2. The molecule has 0 aliphatic heterocycles. The lowest BCUT2D eigenvalue weighted by atomic mass is 9.90. The van der Waals surface area contributed by atoms with Crippen molar-refractivity contribution in [1.29, 1.82) is 0 Å². The summed E-state index contributed by atoms with van der Waals surface area (Å²) in [5, 5.41) is 15.2. The molecule has 28 heavy (non-hydrogen) atoms. The van der Waals surface area contributed by atoms with Crippen molar-refractivity contribution in [2.24, 2.45) is 5.92 Å². The van der Waals surface area contributed by atoms with Gasteiger partial charge in [-0.25, -0.2) is 0 Å². The normalized spacial score (nSPS) is 13.0.